The van der Waals surface area contributed by atoms with E-state index >= 15 is 0 Å². The van der Waals surface area contributed by atoms with Crippen LogP contribution < -0.4 is 10.6 Å². The number of aliphatic hydroxyl groups is 1. The molecule has 1 aromatic carbocycles. The van der Waals surface area contributed by atoms with Crippen molar-refractivity contribution in [3.05, 3.63) is 71.4 Å². The quantitative estimate of drug-likeness (QED) is 0.250. The number of aromatic nitrogens is 2. The summed E-state index contributed by atoms with van der Waals surface area (Å²) in [6.07, 6.45) is 3.67. The third-order valence-electron chi connectivity index (χ3n) is 4.66. The summed E-state index contributed by atoms with van der Waals surface area (Å²) in [7, 11) is 0. The molecule has 0 aliphatic rings. The summed E-state index contributed by atoms with van der Waals surface area (Å²) in [6, 6.07) is 11.9. The van der Waals surface area contributed by atoms with Crippen molar-refractivity contribution in [2.45, 2.75) is 39.8 Å². The first-order valence-corrected chi connectivity index (χ1v) is 9.80. The Morgan fingerprint density at radius 1 is 1.23 bits per heavy atom. The molecule has 0 bridgehead atoms. The lowest BCUT2D eigenvalue weighted by atomic mass is 9.96. The number of hydrogen-bond acceptors (Lipinski definition) is 4. The molecule has 3 rings (SSSR count). The average molecular weight is 523 g/mol. The Morgan fingerprint density at radius 3 is 2.67 bits per heavy atom. The fourth-order valence-electron chi connectivity index (χ4n) is 3.25. The highest BCUT2D eigenvalue weighted by atomic mass is 127. The maximum atomic E-state index is 10.9. The van der Waals surface area contributed by atoms with Crippen LogP contribution in [0.3, 0.4) is 0 Å². The molecule has 0 amide bonds. The molecule has 1 unspecified atom stereocenters. The molecule has 30 heavy (non-hydrogen) atoms. The van der Waals surface area contributed by atoms with E-state index in [2.05, 4.69) is 26.8 Å². The first-order valence-electron chi connectivity index (χ1n) is 9.80. The maximum Gasteiger partial charge on any atom is 0.191 e. The molecule has 0 fully saturated rings. The van der Waals surface area contributed by atoms with Crippen molar-refractivity contribution in [1.29, 1.82) is 0 Å². The van der Waals surface area contributed by atoms with Crippen LogP contribution in [0.25, 0.3) is 5.69 Å². The van der Waals surface area contributed by atoms with E-state index in [0.29, 0.717) is 19.0 Å². The Bertz CT molecular complexity index is 964. The van der Waals surface area contributed by atoms with Gasteiger partial charge in [-0.15, -0.1) is 24.0 Å². The molecule has 0 spiro atoms. The highest BCUT2D eigenvalue weighted by molar-refractivity contribution is 14.0. The van der Waals surface area contributed by atoms with Crippen molar-refractivity contribution in [3.63, 3.8) is 0 Å². The van der Waals surface area contributed by atoms with E-state index in [1.54, 1.807) is 13.1 Å². The van der Waals surface area contributed by atoms with Gasteiger partial charge in [0.15, 0.2) is 5.96 Å². The van der Waals surface area contributed by atoms with Gasteiger partial charge in [-0.2, -0.15) is 5.10 Å². The normalized spacial score (nSPS) is 13.4. The number of rotatable bonds is 7. The van der Waals surface area contributed by atoms with E-state index in [-0.39, 0.29) is 24.0 Å². The zero-order valence-electron chi connectivity index (χ0n) is 17.8. The van der Waals surface area contributed by atoms with Gasteiger partial charge >= 0.3 is 0 Å². The number of aryl methyl sites for hydroxylation is 2. The third kappa shape index (κ3) is 6.09. The zero-order valence-corrected chi connectivity index (χ0v) is 20.2. The monoisotopic (exact) mass is 523 g/mol. The van der Waals surface area contributed by atoms with Crippen molar-refractivity contribution in [3.8, 4) is 5.69 Å². The van der Waals surface area contributed by atoms with Gasteiger partial charge in [-0.05, 0) is 57.5 Å². The highest BCUT2D eigenvalue weighted by Gasteiger charge is 2.27. The van der Waals surface area contributed by atoms with Crippen LogP contribution in [-0.4, -0.2) is 33.9 Å². The molecule has 0 aliphatic heterocycles. The van der Waals surface area contributed by atoms with Gasteiger partial charge in [0.25, 0.3) is 0 Å². The van der Waals surface area contributed by atoms with Crippen molar-refractivity contribution in [2.75, 3.05) is 13.1 Å². The van der Waals surface area contributed by atoms with E-state index in [4.69, 9.17) is 4.42 Å². The minimum Gasteiger partial charge on any atom is -0.466 e. The van der Waals surface area contributed by atoms with Gasteiger partial charge in [0, 0.05) is 24.5 Å². The number of halogens is 1. The summed E-state index contributed by atoms with van der Waals surface area (Å²) >= 11 is 0. The molecule has 0 saturated carbocycles. The van der Waals surface area contributed by atoms with Crippen molar-refractivity contribution < 1.29 is 9.52 Å². The molecule has 8 heteroatoms. The van der Waals surface area contributed by atoms with Crippen LogP contribution in [0.15, 0.2) is 58.2 Å². The summed E-state index contributed by atoms with van der Waals surface area (Å²) in [4.78, 5) is 4.66. The third-order valence-corrected chi connectivity index (χ3v) is 4.66. The Labute approximate surface area is 194 Å². The van der Waals surface area contributed by atoms with Gasteiger partial charge < -0.3 is 20.2 Å². The Morgan fingerprint density at radius 2 is 2.03 bits per heavy atom. The van der Waals surface area contributed by atoms with E-state index in [1.807, 2.05) is 62.0 Å². The molecule has 0 saturated heterocycles. The summed E-state index contributed by atoms with van der Waals surface area (Å²) in [5.41, 5.74) is 1.78. The Hall–Kier alpha value is -2.33. The summed E-state index contributed by atoms with van der Waals surface area (Å²) in [5.74, 6) is 2.16. The SMILES string of the molecule is CCNC(=NCc1cccc(-n2cccn2)c1)NCC(C)(O)c1cc(C)oc1C.I. The second-order valence-electron chi connectivity index (χ2n) is 7.27. The molecular weight excluding hydrogens is 493 g/mol. The highest BCUT2D eigenvalue weighted by Crippen LogP contribution is 2.26. The lowest BCUT2D eigenvalue weighted by molar-refractivity contribution is 0.0601. The van der Waals surface area contributed by atoms with Crippen molar-refractivity contribution >= 4 is 29.9 Å². The lowest BCUT2D eigenvalue weighted by Crippen LogP contribution is -2.44. The van der Waals surface area contributed by atoms with Gasteiger partial charge in [0.1, 0.15) is 17.1 Å². The number of hydrogen-bond donors (Lipinski definition) is 3. The van der Waals surface area contributed by atoms with Crippen LogP contribution in [0, 0.1) is 13.8 Å². The number of guanidine groups is 1. The van der Waals surface area contributed by atoms with E-state index in [0.717, 1.165) is 34.9 Å². The van der Waals surface area contributed by atoms with Crippen LogP contribution >= 0.6 is 24.0 Å². The fraction of sp³-hybridized carbons (Fsp3) is 0.364. The minimum absolute atomic E-state index is 0. The predicted octanol–water partition coefficient (Wildman–Crippen LogP) is 3.66. The predicted molar refractivity (Wildman–Crippen MR) is 130 cm³/mol. The van der Waals surface area contributed by atoms with Crippen LogP contribution in [0.1, 0.15) is 36.5 Å². The standard InChI is InChI=1S/C22H29N5O2.HI/c1-5-23-21(25-15-22(4,28)20-12-16(2)29-17(20)3)24-14-18-8-6-9-19(13-18)27-11-7-10-26-27;/h6-13,28H,5,14-15H2,1-4H3,(H2,23,24,25);1H. The van der Waals surface area contributed by atoms with Gasteiger partial charge in [-0.3, -0.25) is 0 Å². The van der Waals surface area contributed by atoms with Crippen LogP contribution in [0.5, 0.6) is 0 Å². The molecular formula is C22H30IN5O2. The fourth-order valence-corrected chi connectivity index (χ4v) is 3.25. The Balaban J connectivity index is 0.00000320. The van der Waals surface area contributed by atoms with Crippen LogP contribution in [0.2, 0.25) is 0 Å². The average Bonchev–Trinajstić information content (AvgIpc) is 3.34. The molecule has 162 valence electrons. The number of nitrogens with one attached hydrogen (secondary N) is 2. The van der Waals surface area contributed by atoms with E-state index in [1.165, 1.54) is 0 Å². The molecule has 2 aromatic heterocycles. The first kappa shape index (κ1) is 23.9. The topological polar surface area (TPSA) is 87.6 Å². The van der Waals surface area contributed by atoms with Crippen LogP contribution in [0.4, 0.5) is 0 Å². The number of furan rings is 1. The van der Waals surface area contributed by atoms with E-state index < -0.39 is 5.60 Å². The molecule has 0 aliphatic carbocycles. The summed E-state index contributed by atoms with van der Waals surface area (Å²) < 4.78 is 7.38. The van der Waals surface area contributed by atoms with Gasteiger partial charge in [0.05, 0.1) is 18.8 Å². The first-order chi connectivity index (χ1) is 13.9. The smallest absolute Gasteiger partial charge is 0.191 e. The number of benzene rings is 1. The molecule has 0 radical (unpaired) electrons. The van der Waals surface area contributed by atoms with Crippen LogP contribution in [-0.2, 0) is 12.1 Å². The second-order valence-corrected chi connectivity index (χ2v) is 7.27. The Kier molecular flexibility index (Phi) is 8.48. The molecule has 3 aromatic rings. The number of aliphatic imine (C=N–C) groups is 1. The lowest BCUT2D eigenvalue weighted by Gasteiger charge is -2.24. The van der Waals surface area contributed by atoms with Crippen molar-refractivity contribution in [1.82, 2.24) is 20.4 Å². The zero-order chi connectivity index (χ0) is 20.9. The minimum atomic E-state index is -1.07. The molecule has 7 nitrogen and oxygen atoms in total. The van der Waals surface area contributed by atoms with Crippen molar-refractivity contribution in [2.24, 2.45) is 4.99 Å². The summed E-state index contributed by atoms with van der Waals surface area (Å²) in [5, 5.41) is 21.6. The largest absolute Gasteiger partial charge is 0.466 e. The molecule has 1 atom stereocenters. The van der Waals surface area contributed by atoms with Gasteiger partial charge in [-0.25, -0.2) is 9.67 Å². The van der Waals surface area contributed by atoms with E-state index in [9.17, 15) is 5.11 Å². The van der Waals surface area contributed by atoms with Gasteiger partial charge in [-0.1, -0.05) is 12.1 Å². The molecule has 2 heterocycles. The second kappa shape index (κ2) is 10.6. The summed E-state index contributed by atoms with van der Waals surface area (Å²) in [6.45, 7) is 9.07. The number of nitrogens with zero attached hydrogens (tertiary/aromatic N) is 3. The van der Waals surface area contributed by atoms with Gasteiger partial charge in [0.2, 0.25) is 0 Å². The molecule has 3 N–H and O–H groups in total. The maximum absolute atomic E-state index is 10.9.